The quantitative estimate of drug-likeness (QED) is 0.800. The second-order valence-electron chi connectivity index (χ2n) is 4.20. The molecular formula is C14H11N3O3S. The van der Waals surface area contributed by atoms with Crippen molar-refractivity contribution in [2.24, 2.45) is 0 Å². The van der Waals surface area contributed by atoms with E-state index in [1.807, 2.05) is 18.2 Å². The summed E-state index contributed by atoms with van der Waals surface area (Å²) in [7, 11) is -3.73. The summed E-state index contributed by atoms with van der Waals surface area (Å²) in [4.78, 5) is 0.129. The van der Waals surface area contributed by atoms with Crippen LogP contribution in [0.15, 0.2) is 70.0 Å². The summed E-state index contributed by atoms with van der Waals surface area (Å²) in [5.41, 5.74) is 0.718. The van der Waals surface area contributed by atoms with Gasteiger partial charge in [0.2, 0.25) is 5.89 Å². The van der Waals surface area contributed by atoms with E-state index in [-0.39, 0.29) is 16.8 Å². The van der Waals surface area contributed by atoms with Gasteiger partial charge >= 0.3 is 6.01 Å². The predicted molar refractivity (Wildman–Crippen MR) is 77.0 cm³/mol. The lowest BCUT2D eigenvalue weighted by Crippen LogP contribution is -2.12. The summed E-state index contributed by atoms with van der Waals surface area (Å²) in [5, 5.41) is 7.52. The van der Waals surface area contributed by atoms with Gasteiger partial charge in [-0.15, -0.1) is 5.10 Å². The van der Waals surface area contributed by atoms with Gasteiger partial charge in [-0.3, -0.25) is 0 Å². The highest BCUT2D eigenvalue weighted by Gasteiger charge is 2.17. The number of hydrogen-bond donors (Lipinski definition) is 1. The van der Waals surface area contributed by atoms with Gasteiger partial charge in [-0.25, -0.2) is 13.1 Å². The van der Waals surface area contributed by atoms with Crippen molar-refractivity contribution >= 4 is 16.0 Å². The molecule has 1 heterocycles. The van der Waals surface area contributed by atoms with E-state index in [9.17, 15) is 8.42 Å². The summed E-state index contributed by atoms with van der Waals surface area (Å²) < 4.78 is 31.8. The van der Waals surface area contributed by atoms with Gasteiger partial charge in [-0.1, -0.05) is 41.5 Å². The summed E-state index contributed by atoms with van der Waals surface area (Å²) in [6.45, 7) is 0. The third-order valence-corrected chi connectivity index (χ3v) is 4.06. The minimum Gasteiger partial charge on any atom is -0.403 e. The van der Waals surface area contributed by atoms with Gasteiger partial charge in [-0.2, -0.15) is 0 Å². The number of anilines is 1. The van der Waals surface area contributed by atoms with Gasteiger partial charge in [0.1, 0.15) is 0 Å². The highest BCUT2D eigenvalue weighted by atomic mass is 32.2. The van der Waals surface area contributed by atoms with E-state index in [1.54, 1.807) is 30.3 Å². The number of aromatic nitrogens is 2. The maximum Gasteiger partial charge on any atom is 0.330 e. The van der Waals surface area contributed by atoms with Crippen molar-refractivity contribution in [3.05, 3.63) is 60.7 Å². The fraction of sp³-hybridized carbons (Fsp3) is 0. The molecular weight excluding hydrogens is 290 g/mol. The molecule has 3 rings (SSSR count). The summed E-state index contributed by atoms with van der Waals surface area (Å²) >= 11 is 0. The van der Waals surface area contributed by atoms with Crippen LogP contribution in [0.3, 0.4) is 0 Å². The molecule has 6 nitrogen and oxygen atoms in total. The van der Waals surface area contributed by atoms with Crippen LogP contribution in [0, 0.1) is 0 Å². The maximum absolute atomic E-state index is 12.1. The highest BCUT2D eigenvalue weighted by Crippen LogP contribution is 2.21. The molecule has 0 saturated carbocycles. The molecule has 1 aromatic heterocycles. The minimum atomic E-state index is -3.73. The first-order valence-electron chi connectivity index (χ1n) is 6.12. The van der Waals surface area contributed by atoms with Crippen LogP contribution >= 0.6 is 0 Å². The largest absolute Gasteiger partial charge is 0.403 e. The lowest BCUT2D eigenvalue weighted by Gasteiger charge is -2.02. The number of sulfonamides is 1. The Morgan fingerprint density at radius 1 is 0.857 bits per heavy atom. The van der Waals surface area contributed by atoms with Crippen LogP contribution in [0.4, 0.5) is 6.01 Å². The Morgan fingerprint density at radius 2 is 1.48 bits per heavy atom. The predicted octanol–water partition coefficient (Wildman–Crippen LogP) is 2.54. The van der Waals surface area contributed by atoms with Gasteiger partial charge in [0.15, 0.2) is 0 Å². The standard InChI is InChI=1S/C14H11N3O3S/c18-21(19,12-9-5-2-6-10-12)17-14-16-15-13(20-14)11-7-3-1-4-8-11/h1-10H,(H,16,17). The van der Waals surface area contributed by atoms with Crippen molar-refractivity contribution in [2.45, 2.75) is 4.90 Å². The first-order chi connectivity index (χ1) is 10.1. The Morgan fingerprint density at radius 3 is 2.14 bits per heavy atom. The van der Waals surface area contributed by atoms with Gasteiger partial charge in [0.25, 0.3) is 10.0 Å². The molecule has 0 amide bonds. The normalized spacial score (nSPS) is 11.2. The van der Waals surface area contributed by atoms with Crippen molar-refractivity contribution < 1.29 is 12.8 Å². The van der Waals surface area contributed by atoms with Gasteiger partial charge in [0, 0.05) is 5.56 Å². The van der Waals surface area contributed by atoms with Crippen molar-refractivity contribution in [3.63, 3.8) is 0 Å². The molecule has 0 atom stereocenters. The molecule has 3 aromatic rings. The number of nitrogens with zero attached hydrogens (tertiary/aromatic N) is 2. The van der Waals surface area contributed by atoms with Crippen LogP contribution in [0.25, 0.3) is 11.5 Å². The van der Waals surface area contributed by atoms with Crippen molar-refractivity contribution in [2.75, 3.05) is 4.72 Å². The molecule has 0 spiro atoms. The van der Waals surface area contributed by atoms with Gasteiger partial charge in [0.05, 0.1) is 4.90 Å². The Bertz CT molecular complexity index is 830. The number of nitrogens with one attached hydrogen (secondary N) is 1. The monoisotopic (exact) mass is 301 g/mol. The molecule has 0 radical (unpaired) electrons. The molecule has 0 aliphatic heterocycles. The Hall–Kier alpha value is -2.67. The third-order valence-electron chi connectivity index (χ3n) is 2.72. The minimum absolute atomic E-state index is 0.129. The molecule has 0 aliphatic carbocycles. The third kappa shape index (κ3) is 2.92. The molecule has 0 unspecified atom stereocenters. The van der Waals surface area contributed by atoms with Gasteiger partial charge < -0.3 is 4.42 Å². The molecule has 2 aromatic carbocycles. The summed E-state index contributed by atoms with van der Waals surface area (Å²) in [5.74, 6) is 0.251. The lowest BCUT2D eigenvalue weighted by molar-refractivity contribution is 0.577. The Balaban J connectivity index is 1.85. The average Bonchev–Trinajstić information content (AvgIpc) is 2.97. The second kappa shape index (κ2) is 5.37. The van der Waals surface area contributed by atoms with Crippen LogP contribution in [0.2, 0.25) is 0 Å². The fourth-order valence-electron chi connectivity index (χ4n) is 1.74. The molecule has 21 heavy (non-hydrogen) atoms. The van der Waals surface area contributed by atoms with E-state index >= 15 is 0 Å². The maximum atomic E-state index is 12.1. The van der Waals surface area contributed by atoms with Crippen LogP contribution in [-0.4, -0.2) is 18.6 Å². The second-order valence-corrected chi connectivity index (χ2v) is 5.88. The van der Waals surface area contributed by atoms with Crippen molar-refractivity contribution in [1.82, 2.24) is 10.2 Å². The molecule has 1 N–H and O–H groups in total. The van der Waals surface area contributed by atoms with Crippen LogP contribution in [0.5, 0.6) is 0 Å². The fourth-order valence-corrected chi connectivity index (χ4v) is 2.68. The first-order valence-corrected chi connectivity index (χ1v) is 7.60. The lowest BCUT2D eigenvalue weighted by atomic mass is 10.2. The molecule has 0 saturated heterocycles. The number of rotatable bonds is 4. The topological polar surface area (TPSA) is 85.1 Å². The number of hydrogen-bond acceptors (Lipinski definition) is 5. The van der Waals surface area contributed by atoms with Gasteiger partial charge in [-0.05, 0) is 24.3 Å². The van der Waals surface area contributed by atoms with E-state index in [0.717, 1.165) is 5.56 Å². The zero-order valence-electron chi connectivity index (χ0n) is 10.8. The van der Waals surface area contributed by atoms with E-state index in [4.69, 9.17) is 4.42 Å². The first kappa shape index (κ1) is 13.3. The molecule has 7 heteroatoms. The molecule has 0 bridgehead atoms. The smallest absolute Gasteiger partial charge is 0.330 e. The summed E-state index contributed by atoms with van der Waals surface area (Å²) in [6.07, 6.45) is 0. The highest BCUT2D eigenvalue weighted by molar-refractivity contribution is 7.92. The van der Waals surface area contributed by atoms with Crippen LogP contribution in [-0.2, 0) is 10.0 Å². The summed E-state index contributed by atoms with van der Waals surface area (Å²) in [6, 6.07) is 16.9. The number of benzene rings is 2. The van der Waals surface area contributed by atoms with Crippen molar-refractivity contribution in [3.8, 4) is 11.5 Å². The van der Waals surface area contributed by atoms with E-state index in [0.29, 0.717) is 0 Å². The van der Waals surface area contributed by atoms with Crippen molar-refractivity contribution in [1.29, 1.82) is 0 Å². The van der Waals surface area contributed by atoms with Crippen LogP contribution < -0.4 is 4.72 Å². The molecule has 0 aliphatic rings. The SMILES string of the molecule is O=S(=O)(Nc1nnc(-c2ccccc2)o1)c1ccccc1. The Labute approximate surface area is 121 Å². The molecule has 106 valence electrons. The van der Waals surface area contributed by atoms with E-state index in [2.05, 4.69) is 14.9 Å². The Kier molecular flexibility index (Phi) is 3.41. The zero-order valence-corrected chi connectivity index (χ0v) is 11.6. The van der Waals surface area contributed by atoms with E-state index < -0.39 is 10.0 Å². The molecule has 0 fully saturated rings. The zero-order chi connectivity index (χ0) is 14.7. The average molecular weight is 301 g/mol. The van der Waals surface area contributed by atoms with Crippen LogP contribution in [0.1, 0.15) is 0 Å². The van der Waals surface area contributed by atoms with E-state index in [1.165, 1.54) is 12.1 Å².